The molecule has 0 atom stereocenters. The summed E-state index contributed by atoms with van der Waals surface area (Å²) in [6, 6.07) is 10.8. The number of hydrogen-bond acceptors (Lipinski definition) is 1. The first kappa shape index (κ1) is 13.6. The van der Waals surface area contributed by atoms with E-state index in [1.54, 1.807) is 0 Å². The third-order valence-electron chi connectivity index (χ3n) is 4.33. The fourth-order valence-electron chi connectivity index (χ4n) is 3.00. The lowest BCUT2D eigenvalue weighted by Crippen LogP contribution is -2.33. The summed E-state index contributed by atoms with van der Waals surface area (Å²) < 4.78 is 0. The number of rotatable bonds is 6. The molecule has 1 heteroatoms. The zero-order chi connectivity index (χ0) is 12.8. The molecule has 1 N–H and O–H groups in total. The van der Waals surface area contributed by atoms with Gasteiger partial charge in [0.2, 0.25) is 0 Å². The Kier molecular flexibility index (Phi) is 4.82. The van der Waals surface area contributed by atoms with Crippen LogP contribution in [0.2, 0.25) is 0 Å². The molecule has 1 aliphatic carbocycles. The minimum atomic E-state index is 0.233. The van der Waals surface area contributed by atoms with Crippen LogP contribution in [0.5, 0.6) is 0 Å². The Morgan fingerprint density at radius 1 is 1.11 bits per heavy atom. The third kappa shape index (κ3) is 3.84. The summed E-state index contributed by atoms with van der Waals surface area (Å²) in [6.45, 7) is 6.90. The molecule has 1 aliphatic rings. The molecule has 1 aromatic rings. The average molecular weight is 245 g/mol. The Hall–Kier alpha value is -0.820. The molecule has 1 nitrogen and oxygen atoms in total. The fraction of sp³-hybridized carbons (Fsp3) is 0.647. The van der Waals surface area contributed by atoms with Gasteiger partial charge in [-0.15, -0.1) is 0 Å². The fourth-order valence-corrected chi connectivity index (χ4v) is 3.00. The molecule has 0 unspecified atom stereocenters. The lowest BCUT2D eigenvalue weighted by Gasteiger charge is -2.26. The molecule has 0 aliphatic heterocycles. The van der Waals surface area contributed by atoms with Crippen LogP contribution in [-0.2, 0) is 5.41 Å². The van der Waals surface area contributed by atoms with Gasteiger partial charge in [0, 0.05) is 12.0 Å². The van der Waals surface area contributed by atoms with E-state index in [-0.39, 0.29) is 5.41 Å². The summed E-state index contributed by atoms with van der Waals surface area (Å²) in [5, 5.41) is 3.65. The van der Waals surface area contributed by atoms with Crippen LogP contribution in [0.15, 0.2) is 30.3 Å². The van der Waals surface area contributed by atoms with Gasteiger partial charge in [0.1, 0.15) is 0 Å². The Morgan fingerprint density at radius 2 is 1.78 bits per heavy atom. The molecule has 18 heavy (non-hydrogen) atoms. The van der Waals surface area contributed by atoms with Gasteiger partial charge in [0.05, 0.1) is 0 Å². The molecule has 1 fully saturated rings. The monoisotopic (exact) mass is 245 g/mol. The van der Waals surface area contributed by atoms with Crippen molar-refractivity contribution >= 4 is 0 Å². The first-order valence-electron chi connectivity index (χ1n) is 7.45. The molecule has 100 valence electrons. The van der Waals surface area contributed by atoms with E-state index < -0.39 is 0 Å². The molecule has 0 amide bonds. The maximum absolute atomic E-state index is 3.65. The highest BCUT2D eigenvalue weighted by Crippen LogP contribution is 2.27. The average Bonchev–Trinajstić information content (AvgIpc) is 2.89. The first-order valence-corrected chi connectivity index (χ1v) is 7.45. The van der Waals surface area contributed by atoms with Gasteiger partial charge in [-0.3, -0.25) is 0 Å². The van der Waals surface area contributed by atoms with Crippen molar-refractivity contribution in [2.45, 2.75) is 51.4 Å². The van der Waals surface area contributed by atoms with Crippen LogP contribution in [-0.4, -0.2) is 13.1 Å². The SMILES string of the molecule is CC(C)(CNCCC1CCCC1)c1ccccc1. The highest BCUT2D eigenvalue weighted by molar-refractivity contribution is 5.23. The van der Waals surface area contributed by atoms with Gasteiger partial charge >= 0.3 is 0 Å². The minimum Gasteiger partial charge on any atom is -0.316 e. The molecule has 0 aromatic heterocycles. The smallest absolute Gasteiger partial charge is 0.00431 e. The van der Waals surface area contributed by atoms with E-state index in [0.717, 1.165) is 12.5 Å². The van der Waals surface area contributed by atoms with Crippen LogP contribution in [0.25, 0.3) is 0 Å². The lowest BCUT2D eigenvalue weighted by molar-refractivity contribution is 0.429. The van der Waals surface area contributed by atoms with Crippen molar-refractivity contribution in [3.63, 3.8) is 0 Å². The molecule has 0 spiro atoms. The van der Waals surface area contributed by atoms with Gasteiger partial charge in [-0.25, -0.2) is 0 Å². The van der Waals surface area contributed by atoms with Gasteiger partial charge in [-0.1, -0.05) is 69.9 Å². The van der Waals surface area contributed by atoms with Gasteiger partial charge < -0.3 is 5.32 Å². The first-order chi connectivity index (χ1) is 8.68. The van der Waals surface area contributed by atoms with E-state index in [2.05, 4.69) is 49.5 Å². The maximum Gasteiger partial charge on any atom is 0.00431 e. The topological polar surface area (TPSA) is 12.0 Å². The van der Waals surface area contributed by atoms with Gasteiger partial charge in [-0.05, 0) is 24.4 Å². The summed E-state index contributed by atoms with van der Waals surface area (Å²) >= 11 is 0. The molecule has 0 bridgehead atoms. The Bertz CT molecular complexity index is 336. The standard InChI is InChI=1S/C17H27N/c1-17(2,16-10-4-3-5-11-16)14-18-13-12-15-8-6-7-9-15/h3-5,10-11,15,18H,6-9,12-14H2,1-2H3. The van der Waals surface area contributed by atoms with Gasteiger partial charge in [-0.2, -0.15) is 0 Å². The van der Waals surface area contributed by atoms with Crippen molar-refractivity contribution < 1.29 is 0 Å². The van der Waals surface area contributed by atoms with Crippen molar-refractivity contribution in [1.29, 1.82) is 0 Å². The van der Waals surface area contributed by atoms with E-state index in [9.17, 15) is 0 Å². The van der Waals surface area contributed by atoms with Crippen LogP contribution >= 0.6 is 0 Å². The zero-order valence-corrected chi connectivity index (χ0v) is 11.9. The van der Waals surface area contributed by atoms with Gasteiger partial charge in [0.25, 0.3) is 0 Å². The third-order valence-corrected chi connectivity index (χ3v) is 4.33. The summed E-state index contributed by atoms with van der Waals surface area (Å²) in [6.07, 6.45) is 7.21. The van der Waals surface area contributed by atoms with Crippen molar-refractivity contribution in [2.24, 2.45) is 5.92 Å². The van der Waals surface area contributed by atoms with E-state index >= 15 is 0 Å². The van der Waals surface area contributed by atoms with Crippen LogP contribution in [0.4, 0.5) is 0 Å². The van der Waals surface area contributed by atoms with Gasteiger partial charge in [0.15, 0.2) is 0 Å². The molecular formula is C17H27N. The van der Waals surface area contributed by atoms with E-state index in [1.165, 1.54) is 44.2 Å². The highest BCUT2D eigenvalue weighted by atomic mass is 14.9. The summed E-state index contributed by atoms with van der Waals surface area (Å²) in [7, 11) is 0. The molecule has 0 heterocycles. The van der Waals surface area contributed by atoms with Crippen LogP contribution < -0.4 is 5.32 Å². The summed E-state index contributed by atoms with van der Waals surface area (Å²) in [4.78, 5) is 0. The Labute approximate surface area is 112 Å². The molecule has 0 radical (unpaired) electrons. The number of hydrogen-bond donors (Lipinski definition) is 1. The second kappa shape index (κ2) is 6.38. The zero-order valence-electron chi connectivity index (χ0n) is 11.9. The lowest BCUT2D eigenvalue weighted by atomic mass is 9.84. The highest BCUT2D eigenvalue weighted by Gasteiger charge is 2.20. The largest absolute Gasteiger partial charge is 0.316 e. The normalized spacial score (nSPS) is 17.2. The number of benzene rings is 1. The summed E-state index contributed by atoms with van der Waals surface area (Å²) in [5.74, 6) is 0.998. The second-order valence-corrected chi connectivity index (χ2v) is 6.37. The Balaban J connectivity index is 1.71. The van der Waals surface area contributed by atoms with Crippen LogP contribution in [0, 0.1) is 5.92 Å². The molecular weight excluding hydrogens is 218 g/mol. The maximum atomic E-state index is 3.65. The molecule has 1 aromatic carbocycles. The van der Waals surface area contributed by atoms with Crippen molar-refractivity contribution in [2.75, 3.05) is 13.1 Å². The minimum absolute atomic E-state index is 0.233. The van der Waals surface area contributed by atoms with Crippen molar-refractivity contribution in [1.82, 2.24) is 5.32 Å². The number of nitrogens with one attached hydrogen (secondary N) is 1. The predicted molar refractivity (Wildman–Crippen MR) is 78.9 cm³/mol. The molecule has 2 rings (SSSR count). The van der Waals surface area contributed by atoms with Crippen molar-refractivity contribution in [3.8, 4) is 0 Å². The van der Waals surface area contributed by atoms with Crippen LogP contribution in [0.1, 0.15) is 51.5 Å². The quantitative estimate of drug-likeness (QED) is 0.743. The Morgan fingerprint density at radius 3 is 2.44 bits per heavy atom. The van der Waals surface area contributed by atoms with Crippen LogP contribution in [0.3, 0.4) is 0 Å². The van der Waals surface area contributed by atoms with E-state index in [0.29, 0.717) is 0 Å². The predicted octanol–water partition coefficient (Wildman–Crippen LogP) is 4.13. The summed E-state index contributed by atoms with van der Waals surface area (Å²) in [5.41, 5.74) is 1.66. The van der Waals surface area contributed by atoms with E-state index in [1.807, 2.05) is 0 Å². The molecule has 1 saturated carbocycles. The van der Waals surface area contributed by atoms with Crippen molar-refractivity contribution in [3.05, 3.63) is 35.9 Å². The second-order valence-electron chi connectivity index (χ2n) is 6.37. The molecule has 0 saturated heterocycles. The van der Waals surface area contributed by atoms with E-state index in [4.69, 9.17) is 0 Å².